The minimum atomic E-state index is -0.165. The van der Waals surface area contributed by atoms with Gasteiger partial charge in [0.2, 0.25) is 5.91 Å². The summed E-state index contributed by atoms with van der Waals surface area (Å²) in [6.07, 6.45) is 1.00. The molecule has 2 amide bonds. The summed E-state index contributed by atoms with van der Waals surface area (Å²) < 4.78 is 0. The Morgan fingerprint density at radius 2 is 1.93 bits per heavy atom. The van der Waals surface area contributed by atoms with Crippen LogP contribution in [0.4, 0.5) is 11.4 Å². The van der Waals surface area contributed by atoms with Crippen molar-refractivity contribution in [1.29, 1.82) is 0 Å². The van der Waals surface area contributed by atoms with Gasteiger partial charge in [-0.1, -0.05) is 49.4 Å². The number of quaternary nitrogens is 1. The fourth-order valence-corrected chi connectivity index (χ4v) is 4.48. The molecule has 148 valence electrons. The van der Waals surface area contributed by atoms with Crippen molar-refractivity contribution in [2.24, 2.45) is 0 Å². The fraction of sp³-hybridized carbons (Fsp3) is 0.217. The Labute approximate surface area is 174 Å². The molecule has 0 saturated heterocycles. The molecule has 0 spiro atoms. The van der Waals surface area contributed by atoms with Crippen molar-refractivity contribution >= 4 is 34.5 Å². The van der Waals surface area contributed by atoms with Gasteiger partial charge in [-0.05, 0) is 35.6 Å². The summed E-state index contributed by atoms with van der Waals surface area (Å²) in [7, 11) is 0. The fourth-order valence-electron chi connectivity index (χ4n) is 3.63. The maximum absolute atomic E-state index is 13.0. The minimum absolute atomic E-state index is 0.0541. The molecule has 0 bridgehead atoms. The highest BCUT2D eigenvalue weighted by molar-refractivity contribution is 7.10. The standard InChI is InChI=1S/C23H23N3O2S/c1-2-16-9-11-17(12-10-16)23(20-8-5-13-29-20)24-14-22(28)26-15-21(27)25-18-6-3-4-7-19(18)26/h3-13,23-24H,2,14-15H2,1H3,(H,25,27)/p+1/t23-/m0/s1. The van der Waals surface area contributed by atoms with Crippen LogP contribution in [-0.4, -0.2) is 24.9 Å². The van der Waals surface area contributed by atoms with Crippen LogP contribution in [0.1, 0.15) is 29.0 Å². The lowest BCUT2D eigenvalue weighted by Crippen LogP contribution is -2.87. The van der Waals surface area contributed by atoms with Crippen LogP contribution in [-0.2, 0) is 16.0 Å². The molecular weight excluding hydrogens is 382 g/mol. The number of carbonyl (C=O) groups excluding carboxylic acids is 2. The van der Waals surface area contributed by atoms with Crippen LogP contribution in [0.25, 0.3) is 0 Å². The third-order valence-corrected chi connectivity index (χ3v) is 6.15. The highest BCUT2D eigenvalue weighted by Gasteiger charge is 2.29. The summed E-state index contributed by atoms with van der Waals surface area (Å²) in [4.78, 5) is 27.9. The summed E-state index contributed by atoms with van der Waals surface area (Å²) in [6, 6.07) is 20.2. The predicted octanol–water partition coefficient (Wildman–Crippen LogP) is 2.95. The zero-order valence-electron chi connectivity index (χ0n) is 16.3. The Bertz CT molecular complexity index is 999. The number of benzene rings is 2. The number of amides is 2. The molecule has 1 aliphatic rings. The number of carbonyl (C=O) groups is 2. The quantitative estimate of drug-likeness (QED) is 0.661. The van der Waals surface area contributed by atoms with Crippen molar-refractivity contribution in [3.8, 4) is 0 Å². The van der Waals surface area contributed by atoms with Gasteiger partial charge in [0.25, 0.3) is 5.91 Å². The van der Waals surface area contributed by atoms with Crippen LogP contribution >= 0.6 is 11.3 Å². The molecule has 29 heavy (non-hydrogen) atoms. The van der Waals surface area contributed by atoms with Crippen molar-refractivity contribution in [2.75, 3.05) is 23.3 Å². The number of nitrogens with two attached hydrogens (primary N) is 1. The Balaban J connectivity index is 1.53. The number of nitrogens with zero attached hydrogens (tertiary/aromatic N) is 1. The van der Waals surface area contributed by atoms with Gasteiger partial charge in [0.15, 0.2) is 6.54 Å². The minimum Gasteiger partial charge on any atom is -0.328 e. The summed E-state index contributed by atoms with van der Waals surface area (Å²) >= 11 is 1.69. The Hall–Kier alpha value is -2.96. The number of anilines is 2. The number of hydrogen-bond acceptors (Lipinski definition) is 3. The second-order valence-corrected chi connectivity index (χ2v) is 8.05. The molecule has 0 saturated carbocycles. The van der Waals surface area contributed by atoms with E-state index in [1.165, 1.54) is 16.0 Å². The number of fused-ring (bicyclic) bond motifs is 1. The smallest absolute Gasteiger partial charge is 0.282 e. The van der Waals surface area contributed by atoms with E-state index in [2.05, 4.69) is 53.3 Å². The van der Waals surface area contributed by atoms with Crippen molar-refractivity contribution < 1.29 is 14.9 Å². The molecule has 5 nitrogen and oxygen atoms in total. The van der Waals surface area contributed by atoms with Crippen molar-refractivity contribution in [2.45, 2.75) is 19.4 Å². The summed E-state index contributed by atoms with van der Waals surface area (Å²) in [5, 5.41) is 6.95. The van der Waals surface area contributed by atoms with Crippen LogP contribution in [0.5, 0.6) is 0 Å². The maximum Gasteiger partial charge on any atom is 0.282 e. The lowest BCUT2D eigenvalue weighted by molar-refractivity contribution is -0.676. The van der Waals surface area contributed by atoms with Gasteiger partial charge in [-0.15, -0.1) is 11.3 Å². The van der Waals surface area contributed by atoms with Gasteiger partial charge in [-0.3, -0.25) is 14.5 Å². The predicted molar refractivity (Wildman–Crippen MR) is 116 cm³/mol. The molecule has 3 N–H and O–H groups in total. The maximum atomic E-state index is 13.0. The zero-order chi connectivity index (χ0) is 20.2. The Kier molecular flexibility index (Phi) is 5.74. The van der Waals surface area contributed by atoms with Gasteiger partial charge < -0.3 is 10.6 Å². The van der Waals surface area contributed by atoms with Gasteiger partial charge in [-0.2, -0.15) is 0 Å². The average molecular weight is 407 g/mol. The molecular formula is C23H24N3O2S+. The molecule has 2 aromatic carbocycles. The summed E-state index contributed by atoms with van der Waals surface area (Å²) in [5.41, 5.74) is 3.91. The van der Waals surface area contributed by atoms with E-state index in [1.54, 1.807) is 16.2 Å². The van der Waals surface area contributed by atoms with E-state index < -0.39 is 0 Å². The van der Waals surface area contributed by atoms with Gasteiger partial charge in [0, 0.05) is 5.56 Å². The molecule has 4 rings (SSSR count). The van der Waals surface area contributed by atoms with Crippen LogP contribution < -0.4 is 15.5 Å². The number of hydrogen-bond donors (Lipinski definition) is 2. The Morgan fingerprint density at radius 3 is 2.66 bits per heavy atom. The highest BCUT2D eigenvalue weighted by atomic mass is 32.1. The van der Waals surface area contributed by atoms with Gasteiger partial charge in [0.1, 0.15) is 12.6 Å². The molecule has 0 radical (unpaired) electrons. The van der Waals surface area contributed by atoms with Crippen molar-refractivity contribution in [3.05, 3.63) is 82.0 Å². The first-order valence-corrected chi connectivity index (χ1v) is 10.7. The SMILES string of the molecule is CCc1ccc([C@H]([NH2+]CC(=O)N2CC(=O)Nc3ccccc32)c2cccs2)cc1. The normalized spacial score (nSPS) is 14.2. The molecule has 0 fully saturated rings. The second kappa shape index (κ2) is 8.59. The highest BCUT2D eigenvalue weighted by Crippen LogP contribution is 2.29. The number of rotatable bonds is 6. The first-order chi connectivity index (χ1) is 14.2. The van der Waals surface area contributed by atoms with E-state index in [-0.39, 0.29) is 30.9 Å². The van der Waals surface area contributed by atoms with Crippen LogP contribution in [0.2, 0.25) is 0 Å². The largest absolute Gasteiger partial charge is 0.328 e. The van der Waals surface area contributed by atoms with Crippen LogP contribution in [0.15, 0.2) is 66.0 Å². The van der Waals surface area contributed by atoms with E-state index in [1.807, 2.05) is 30.3 Å². The van der Waals surface area contributed by atoms with Gasteiger partial charge in [-0.25, -0.2) is 0 Å². The lowest BCUT2D eigenvalue weighted by atomic mass is 10.0. The number of thiophene rings is 1. The lowest BCUT2D eigenvalue weighted by Gasteiger charge is -2.29. The third kappa shape index (κ3) is 4.23. The average Bonchev–Trinajstić information content (AvgIpc) is 3.28. The third-order valence-electron chi connectivity index (χ3n) is 5.20. The second-order valence-electron chi connectivity index (χ2n) is 7.07. The van der Waals surface area contributed by atoms with E-state index >= 15 is 0 Å². The monoisotopic (exact) mass is 406 g/mol. The van der Waals surface area contributed by atoms with Crippen LogP contribution in [0, 0.1) is 0 Å². The van der Waals surface area contributed by atoms with Crippen molar-refractivity contribution in [1.82, 2.24) is 0 Å². The van der Waals surface area contributed by atoms with Crippen molar-refractivity contribution in [3.63, 3.8) is 0 Å². The van der Waals surface area contributed by atoms with E-state index in [4.69, 9.17) is 0 Å². The molecule has 3 aromatic rings. The number of nitrogens with one attached hydrogen (secondary N) is 1. The molecule has 0 unspecified atom stereocenters. The molecule has 2 heterocycles. The van der Waals surface area contributed by atoms with E-state index in [0.717, 1.165) is 12.1 Å². The molecule has 1 atom stereocenters. The molecule has 0 aliphatic carbocycles. The van der Waals surface area contributed by atoms with Gasteiger partial charge in [0.05, 0.1) is 16.3 Å². The van der Waals surface area contributed by atoms with E-state index in [0.29, 0.717) is 5.69 Å². The Morgan fingerprint density at radius 1 is 1.14 bits per heavy atom. The zero-order valence-corrected chi connectivity index (χ0v) is 17.1. The first-order valence-electron chi connectivity index (χ1n) is 9.80. The topological polar surface area (TPSA) is 66.0 Å². The van der Waals surface area contributed by atoms with E-state index in [9.17, 15) is 9.59 Å². The summed E-state index contributed by atoms with van der Waals surface area (Å²) in [6.45, 7) is 2.46. The molecule has 6 heteroatoms. The molecule has 1 aromatic heterocycles. The van der Waals surface area contributed by atoms with Gasteiger partial charge >= 0.3 is 0 Å². The number of aryl methyl sites for hydroxylation is 1. The first kappa shape index (κ1) is 19.4. The number of para-hydroxylation sites is 2. The summed E-state index contributed by atoms with van der Waals surface area (Å²) in [5.74, 6) is -0.235. The molecule has 1 aliphatic heterocycles. The van der Waals surface area contributed by atoms with Crippen LogP contribution in [0.3, 0.4) is 0 Å².